The van der Waals surface area contributed by atoms with E-state index in [2.05, 4.69) is 6.92 Å². The summed E-state index contributed by atoms with van der Waals surface area (Å²) in [5, 5.41) is 10.6. The summed E-state index contributed by atoms with van der Waals surface area (Å²) in [4.78, 5) is 14.3. The molecule has 31 heavy (non-hydrogen) atoms. The van der Waals surface area contributed by atoms with Crippen LogP contribution >= 0.6 is 0 Å². The van der Waals surface area contributed by atoms with Crippen molar-refractivity contribution in [2.45, 2.75) is 74.0 Å². The molecule has 0 bridgehead atoms. The molecule has 4 saturated carbocycles. The first-order valence-corrected chi connectivity index (χ1v) is 13.3. The van der Waals surface area contributed by atoms with Gasteiger partial charge in [-0.25, -0.2) is 0 Å². The Morgan fingerprint density at radius 2 is 1.84 bits per heavy atom. The second-order valence-corrected chi connectivity index (χ2v) is 12.6. The van der Waals surface area contributed by atoms with Crippen molar-refractivity contribution in [3.63, 3.8) is 0 Å². The summed E-state index contributed by atoms with van der Waals surface area (Å²) in [6.07, 6.45) is 7.87. The van der Waals surface area contributed by atoms with Crippen LogP contribution in [0.1, 0.15) is 58.3 Å². The zero-order valence-electron chi connectivity index (χ0n) is 18.8. The molecule has 0 aliphatic heterocycles. The Morgan fingerprint density at radius 3 is 2.58 bits per heavy atom. The highest BCUT2D eigenvalue weighted by Crippen LogP contribution is 2.62. The van der Waals surface area contributed by atoms with Gasteiger partial charge in [-0.2, -0.15) is 0 Å². The first-order chi connectivity index (χ1) is 14.9. The number of ketones is 1. The van der Waals surface area contributed by atoms with Gasteiger partial charge in [0, 0.05) is 18.9 Å². The van der Waals surface area contributed by atoms with E-state index in [-0.39, 0.29) is 16.4 Å². The van der Waals surface area contributed by atoms with Crippen molar-refractivity contribution in [1.82, 2.24) is 0 Å². The van der Waals surface area contributed by atoms with Gasteiger partial charge in [-0.15, -0.1) is 0 Å². The van der Waals surface area contributed by atoms with Crippen LogP contribution in [-0.4, -0.2) is 40.0 Å². The molecule has 1 aromatic carbocycles. The molecule has 5 heteroatoms. The summed E-state index contributed by atoms with van der Waals surface area (Å²) >= 11 is -1.26. The van der Waals surface area contributed by atoms with Gasteiger partial charge in [0.05, 0.1) is 12.2 Å². The van der Waals surface area contributed by atoms with E-state index >= 15 is 0 Å². The smallest absolute Gasteiger partial charge is 0.191 e. The molecule has 4 aliphatic rings. The first-order valence-electron chi connectivity index (χ1n) is 12.1. The molecule has 4 nitrogen and oxygen atoms in total. The molecular formula is C26H36O4S. The maximum absolute atomic E-state index is 13.6. The Balaban J connectivity index is 1.35. The summed E-state index contributed by atoms with van der Waals surface area (Å²) < 4.78 is 18.6. The number of methoxy groups -OCH3 is 1. The quantitative estimate of drug-likeness (QED) is 0.700. The minimum absolute atomic E-state index is 0.248. The summed E-state index contributed by atoms with van der Waals surface area (Å²) in [5.74, 6) is 3.06. The maximum atomic E-state index is 13.6. The van der Waals surface area contributed by atoms with Gasteiger partial charge >= 0.3 is 0 Å². The first kappa shape index (κ1) is 21.9. The highest BCUT2D eigenvalue weighted by Gasteiger charge is 2.63. The largest absolute Gasteiger partial charge is 0.611 e. The van der Waals surface area contributed by atoms with Crippen LogP contribution < -0.4 is 0 Å². The second kappa shape index (κ2) is 8.16. The lowest BCUT2D eigenvalue weighted by Gasteiger charge is -2.55. The fourth-order valence-electron chi connectivity index (χ4n) is 8.03. The number of benzene rings is 1. The topological polar surface area (TPSA) is 69.6 Å². The van der Waals surface area contributed by atoms with Gasteiger partial charge in [0.2, 0.25) is 0 Å². The molecule has 0 amide bonds. The third-order valence-corrected chi connectivity index (χ3v) is 11.1. The van der Waals surface area contributed by atoms with Crippen molar-refractivity contribution in [3.8, 4) is 0 Å². The zero-order chi connectivity index (χ0) is 21.8. The third kappa shape index (κ3) is 3.60. The molecule has 0 radical (unpaired) electrons. The van der Waals surface area contributed by atoms with E-state index < -0.39 is 16.8 Å². The summed E-state index contributed by atoms with van der Waals surface area (Å²) in [6.45, 7) is 2.61. The van der Waals surface area contributed by atoms with Crippen LogP contribution in [0.5, 0.6) is 0 Å². The highest BCUT2D eigenvalue weighted by atomic mass is 32.2. The molecule has 4 fully saturated rings. The molecule has 2 unspecified atom stereocenters. The van der Waals surface area contributed by atoms with Gasteiger partial charge in [-0.05, 0) is 97.8 Å². The second-order valence-electron chi connectivity index (χ2n) is 11.0. The van der Waals surface area contributed by atoms with Crippen LogP contribution in [0, 0.1) is 35.0 Å². The fraction of sp³-hybridized carbons (Fsp3) is 0.731. The van der Waals surface area contributed by atoms with Gasteiger partial charge in [-0.1, -0.05) is 25.1 Å². The van der Waals surface area contributed by atoms with Crippen molar-refractivity contribution < 1.29 is 19.2 Å². The number of carbonyl (C=O) groups is 1. The number of hydrogen-bond donors (Lipinski definition) is 1. The van der Waals surface area contributed by atoms with Crippen molar-refractivity contribution in [3.05, 3.63) is 30.3 Å². The van der Waals surface area contributed by atoms with E-state index in [1.165, 1.54) is 0 Å². The molecule has 1 N–H and O–H groups in total. The minimum Gasteiger partial charge on any atom is -0.611 e. The van der Waals surface area contributed by atoms with Gasteiger partial charge < -0.3 is 14.4 Å². The van der Waals surface area contributed by atoms with Crippen molar-refractivity contribution in [2.75, 3.05) is 13.7 Å². The Hall–Kier alpha value is -0.880. The monoisotopic (exact) mass is 444 g/mol. The molecule has 1 aromatic rings. The van der Waals surface area contributed by atoms with Gasteiger partial charge in [0.1, 0.15) is 0 Å². The number of fused-ring (bicyclic) bond motifs is 5. The molecule has 9 atom stereocenters. The Bertz CT molecular complexity index is 815. The Morgan fingerprint density at radius 1 is 1.10 bits per heavy atom. The van der Waals surface area contributed by atoms with Crippen LogP contribution in [0.3, 0.4) is 0 Å². The van der Waals surface area contributed by atoms with Crippen LogP contribution in [0.4, 0.5) is 0 Å². The molecule has 4 aliphatic carbocycles. The fourth-order valence-corrected chi connectivity index (χ4v) is 9.63. The lowest BCUT2D eigenvalue weighted by Crippen LogP contribution is -2.52. The number of carbonyl (C=O) groups excluding carboxylic acids is 1. The molecule has 170 valence electrons. The Kier molecular flexibility index (Phi) is 5.78. The molecule has 0 saturated heterocycles. The number of aliphatic hydroxyl groups is 1. The SMILES string of the molecule is COC[C@@]1(O)CC[C@H]2[C@H](CC[C@@H]3[C@@H]2CC[C@]2(C)C(=O)C([S+]([O-])c4ccccc4)C[C@@H]32)C1. The summed E-state index contributed by atoms with van der Waals surface area (Å²) in [7, 11) is 1.68. The number of rotatable bonds is 4. The third-order valence-electron chi connectivity index (χ3n) is 9.46. The number of Topliss-reactive ketones (excluding diaryl/α,β-unsaturated/α-hetero) is 1. The number of ether oxygens (including phenoxy) is 1. The van der Waals surface area contributed by atoms with Crippen molar-refractivity contribution in [2.24, 2.45) is 35.0 Å². The molecule has 0 spiro atoms. The van der Waals surface area contributed by atoms with Crippen molar-refractivity contribution >= 4 is 17.0 Å². The summed E-state index contributed by atoms with van der Waals surface area (Å²) in [6, 6.07) is 9.54. The average Bonchev–Trinajstić information content (AvgIpc) is 3.04. The molecular weight excluding hydrogens is 408 g/mol. The van der Waals surface area contributed by atoms with E-state index in [1.54, 1.807) is 7.11 Å². The summed E-state index contributed by atoms with van der Waals surface area (Å²) in [5.41, 5.74) is -0.971. The molecule has 0 aromatic heterocycles. The van der Waals surface area contributed by atoms with Crippen LogP contribution in [-0.2, 0) is 20.7 Å². The predicted molar refractivity (Wildman–Crippen MR) is 121 cm³/mol. The van der Waals surface area contributed by atoms with E-state index in [0.717, 1.165) is 56.3 Å². The highest BCUT2D eigenvalue weighted by molar-refractivity contribution is 7.92. The lowest BCUT2D eigenvalue weighted by molar-refractivity contribution is -0.138. The van der Waals surface area contributed by atoms with E-state index in [0.29, 0.717) is 36.2 Å². The van der Waals surface area contributed by atoms with Crippen molar-refractivity contribution in [1.29, 1.82) is 0 Å². The van der Waals surface area contributed by atoms with E-state index in [9.17, 15) is 14.5 Å². The van der Waals surface area contributed by atoms with Crippen LogP contribution in [0.25, 0.3) is 0 Å². The van der Waals surface area contributed by atoms with Gasteiger partial charge in [0.15, 0.2) is 15.9 Å². The van der Waals surface area contributed by atoms with Gasteiger partial charge in [0.25, 0.3) is 0 Å². The zero-order valence-corrected chi connectivity index (χ0v) is 19.6. The molecule has 5 rings (SSSR count). The maximum Gasteiger partial charge on any atom is 0.191 e. The van der Waals surface area contributed by atoms with E-state index in [4.69, 9.17) is 4.74 Å². The van der Waals surface area contributed by atoms with E-state index in [1.807, 2.05) is 30.3 Å². The molecule has 0 heterocycles. The van der Waals surface area contributed by atoms with Crippen LogP contribution in [0.15, 0.2) is 35.2 Å². The minimum atomic E-state index is -1.26. The van der Waals surface area contributed by atoms with Crippen LogP contribution in [0.2, 0.25) is 0 Å². The predicted octanol–water partition coefficient (Wildman–Crippen LogP) is 4.37. The number of hydrogen-bond acceptors (Lipinski definition) is 4. The average molecular weight is 445 g/mol. The standard InChI is InChI=1S/C26H36O4S/c1-25-12-10-20-19-11-13-26(28,16-30-2)15-17(19)8-9-21(20)22(25)14-23(24(25)27)31(29)18-6-4-3-5-7-18/h3-7,17,19-23,28H,8-16H2,1-2H3/t17-,19+,20-,21-,22+,23?,25+,26-,31?/m1/s1. The Labute approximate surface area is 189 Å². The lowest BCUT2D eigenvalue weighted by atomic mass is 9.50. The van der Waals surface area contributed by atoms with Gasteiger partial charge in [-0.3, -0.25) is 4.79 Å². The normalized spacial score (nSPS) is 45.5.